The number of nitrogens with one attached hydrogen (secondary N) is 2. The van der Waals surface area contributed by atoms with Crippen molar-refractivity contribution in [1.29, 1.82) is 0 Å². The minimum absolute atomic E-state index is 0.0902. The quantitative estimate of drug-likeness (QED) is 0.446. The zero-order chi connectivity index (χ0) is 19.8. The van der Waals surface area contributed by atoms with E-state index < -0.39 is 0 Å². The molecule has 3 aromatic rings. The summed E-state index contributed by atoms with van der Waals surface area (Å²) in [5.41, 5.74) is 2.59. The van der Waals surface area contributed by atoms with E-state index in [1.807, 2.05) is 42.5 Å². The van der Waals surface area contributed by atoms with Gasteiger partial charge in [-0.2, -0.15) is 5.10 Å². The summed E-state index contributed by atoms with van der Waals surface area (Å²) in [6.07, 6.45) is 1.69. The Kier molecular flexibility index (Phi) is 7.17. The molecule has 0 aliphatic rings. The summed E-state index contributed by atoms with van der Waals surface area (Å²) in [6.45, 7) is 1.28. The maximum absolute atomic E-state index is 12.0. The first-order chi connectivity index (χ1) is 13.6. The van der Waals surface area contributed by atoms with Gasteiger partial charge in [0.15, 0.2) is 5.11 Å². The van der Waals surface area contributed by atoms with Crippen LogP contribution in [0, 0.1) is 0 Å². The number of thiocarbonyl (C=S) groups is 1. The van der Waals surface area contributed by atoms with Crippen molar-refractivity contribution < 1.29 is 0 Å². The Bertz CT molecular complexity index is 974. The van der Waals surface area contributed by atoms with Crippen molar-refractivity contribution in [3.05, 3.63) is 82.1 Å². The van der Waals surface area contributed by atoms with Gasteiger partial charge in [-0.05, 0) is 55.4 Å². The maximum Gasteiger partial charge on any atom is 0.266 e. The third kappa shape index (κ3) is 5.90. The predicted molar refractivity (Wildman–Crippen MR) is 119 cm³/mol. The highest BCUT2D eigenvalue weighted by molar-refractivity contribution is 7.80. The van der Waals surface area contributed by atoms with E-state index in [0.717, 1.165) is 29.8 Å². The second-order valence-electron chi connectivity index (χ2n) is 6.24. The lowest BCUT2D eigenvalue weighted by Gasteiger charge is -2.11. The van der Waals surface area contributed by atoms with Crippen molar-refractivity contribution >= 4 is 34.6 Å². The molecule has 2 N–H and O–H groups in total. The third-order valence-corrected chi connectivity index (χ3v) is 4.62. The lowest BCUT2D eigenvalue weighted by Crippen LogP contribution is -2.29. The summed E-state index contributed by atoms with van der Waals surface area (Å²) in [7, 11) is 0. The molecule has 1 heterocycles. The molecule has 7 heteroatoms. The van der Waals surface area contributed by atoms with Gasteiger partial charge in [-0.3, -0.25) is 4.79 Å². The first-order valence-electron chi connectivity index (χ1n) is 9.06. The average molecular weight is 413 g/mol. The van der Waals surface area contributed by atoms with Gasteiger partial charge in [0.2, 0.25) is 0 Å². The first kappa shape index (κ1) is 20.0. The van der Waals surface area contributed by atoms with E-state index in [1.54, 1.807) is 24.3 Å². The molecule has 3 rings (SSSR count). The highest BCUT2D eigenvalue weighted by Crippen LogP contribution is 2.14. The molecule has 0 radical (unpaired) electrons. The molecule has 0 amide bonds. The third-order valence-electron chi connectivity index (χ3n) is 4.12. The Morgan fingerprint density at radius 1 is 1.00 bits per heavy atom. The van der Waals surface area contributed by atoms with Gasteiger partial charge in [-0.1, -0.05) is 41.9 Å². The Hall–Kier alpha value is -2.70. The molecule has 0 bridgehead atoms. The summed E-state index contributed by atoms with van der Waals surface area (Å²) >= 11 is 11.1. The van der Waals surface area contributed by atoms with Crippen molar-refractivity contribution in [3.63, 3.8) is 0 Å². The molecule has 0 saturated carbocycles. The normalized spacial score (nSPS) is 10.5. The Balaban J connectivity index is 1.44. The van der Waals surface area contributed by atoms with E-state index >= 15 is 0 Å². The molecule has 0 unspecified atom stereocenters. The number of rotatable bonds is 7. The van der Waals surface area contributed by atoms with Crippen molar-refractivity contribution in [2.24, 2.45) is 0 Å². The Morgan fingerprint density at radius 3 is 2.50 bits per heavy atom. The van der Waals surface area contributed by atoms with Crippen LogP contribution in [0.3, 0.4) is 0 Å². The first-order valence-corrected chi connectivity index (χ1v) is 9.84. The lowest BCUT2D eigenvalue weighted by molar-refractivity contribution is 0.532. The molecule has 0 aliphatic heterocycles. The molecule has 0 atom stereocenters. The largest absolute Gasteiger partial charge is 0.362 e. The molecule has 2 aromatic carbocycles. The molecule has 28 heavy (non-hydrogen) atoms. The zero-order valence-electron chi connectivity index (χ0n) is 15.3. The van der Waals surface area contributed by atoms with Crippen LogP contribution in [0.2, 0.25) is 5.02 Å². The molecule has 0 fully saturated rings. The van der Waals surface area contributed by atoms with Crippen LogP contribution in [0.15, 0.2) is 71.5 Å². The minimum atomic E-state index is -0.0902. The predicted octanol–water partition coefficient (Wildman–Crippen LogP) is 4.33. The fraction of sp³-hybridized carbons (Fsp3) is 0.190. The number of anilines is 1. The van der Waals surface area contributed by atoms with Gasteiger partial charge in [0.1, 0.15) is 0 Å². The van der Waals surface area contributed by atoms with Gasteiger partial charge in [0, 0.05) is 35.4 Å². The number of unbranched alkanes of at least 4 members (excludes halogenated alkanes) is 1. The molecular formula is C21H21ClN4OS. The highest BCUT2D eigenvalue weighted by atomic mass is 35.5. The van der Waals surface area contributed by atoms with Crippen molar-refractivity contribution in [2.45, 2.75) is 19.4 Å². The van der Waals surface area contributed by atoms with E-state index in [0.29, 0.717) is 23.2 Å². The summed E-state index contributed by atoms with van der Waals surface area (Å²) < 4.78 is 1.52. The number of aryl methyl sites for hydroxylation is 1. The maximum atomic E-state index is 12.0. The Labute approximate surface area is 174 Å². The standard InChI is InChI=1S/C21H21ClN4OS/c22-17-8-10-18(11-9-17)24-21(28)23-14-4-5-15-26-20(27)13-12-19(25-26)16-6-2-1-3-7-16/h1-3,6-13H,4-5,14-15H2,(H2,23,24,28). The second kappa shape index (κ2) is 10.0. The van der Waals surface area contributed by atoms with E-state index in [2.05, 4.69) is 15.7 Å². The monoisotopic (exact) mass is 412 g/mol. The number of hydrogen-bond donors (Lipinski definition) is 2. The van der Waals surface area contributed by atoms with Crippen molar-refractivity contribution in [2.75, 3.05) is 11.9 Å². The zero-order valence-corrected chi connectivity index (χ0v) is 16.8. The molecule has 0 saturated heterocycles. The van der Waals surface area contributed by atoms with E-state index in [1.165, 1.54) is 4.68 Å². The second-order valence-corrected chi connectivity index (χ2v) is 7.09. The van der Waals surface area contributed by atoms with Crippen LogP contribution in [0.1, 0.15) is 12.8 Å². The molecule has 0 spiro atoms. The van der Waals surface area contributed by atoms with Gasteiger partial charge in [0.25, 0.3) is 5.56 Å². The van der Waals surface area contributed by atoms with Gasteiger partial charge >= 0.3 is 0 Å². The van der Waals surface area contributed by atoms with Crippen molar-refractivity contribution in [3.8, 4) is 11.3 Å². The molecule has 0 aliphatic carbocycles. The van der Waals surface area contributed by atoms with Crippen LogP contribution >= 0.6 is 23.8 Å². The lowest BCUT2D eigenvalue weighted by atomic mass is 10.1. The fourth-order valence-corrected chi connectivity index (χ4v) is 3.01. The topological polar surface area (TPSA) is 59.0 Å². The fourth-order valence-electron chi connectivity index (χ4n) is 2.67. The summed E-state index contributed by atoms with van der Waals surface area (Å²) in [6, 6.07) is 20.5. The van der Waals surface area contributed by atoms with E-state index in [-0.39, 0.29) is 5.56 Å². The Morgan fingerprint density at radius 2 is 1.75 bits per heavy atom. The highest BCUT2D eigenvalue weighted by Gasteiger charge is 2.03. The van der Waals surface area contributed by atoms with Crippen LogP contribution in [-0.4, -0.2) is 21.4 Å². The van der Waals surface area contributed by atoms with Gasteiger partial charge < -0.3 is 10.6 Å². The van der Waals surface area contributed by atoms with Crippen molar-refractivity contribution in [1.82, 2.24) is 15.1 Å². The SMILES string of the molecule is O=c1ccc(-c2ccccc2)nn1CCCCNC(=S)Nc1ccc(Cl)cc1. The number of aromatic nitrogens is 2. The average Bonchev–Trinajstić information content (AvgIpc) is 2.71. The number of nitrogens with zero attached hydrogens (tertiary/aromatic N) is 2. The van der Waals surface area contributed by atoms with Crippen LogP contribution in [0.4, 0.5) is 5.69 Å². The van der Waals surface area contributed by atoms with E-state index in [9.17, 15) is 4.79 Å². The summed E-state index contributed by atoms with van der Waals surface area (Å²) in [5.74, 6) is 0. The van der Waals surface area contributed by atoms with Gasteiger partial charge in [-0.25, -0.2) is 4.68 Å². The van der Waals surface area contributed by atoms with Crippen LogP contribution in [0.25, 0.3) is 11.3 Å². The smallest absolute Gasteiger partial charge is 0.266 e. The molecule has 5 nitrogen and oxygen atoms in total. The molecule has 144 valence electrons. The van der Waals surface area contributed by atoms with Crippen LogP contribution in [0.5, 0.6) is 0 Å². The van der Waals surface area contributed by atoms with E-state index in [4.69, 9.17) is 23.8 Å². The minimum Gasteiger partial charge on any atom is -0.362 e. The summed E-state index contributed by atoms with van der Waals surface area (Å²) in [5, 5.41) is 12.0. The number of benzene rings is 2. The number of halogens is 1. The van der Waals surface area contributed by atoms with Crippen LogP contribution < -0.4 is 16.2 Å². The number of hydrogen-bond acceptors (Lipinski definition) is 3. The van der Waals surface area contributed by atoms with Gasteiger partial charge in [0.05, 0.1) is 5.69 Å². The van der Waals surface area contributed by atoms with Crippen LogP contribution in [-0.2, 0) is 6.54 Å². The molecular weight excluding hydrogens is 392 g/mol. The molecule has 1 aromatic heterocycles. The van der Waals surface area contributed by atoms with Gasteiger partial charge in [-0.15, -0.1) is 0 Å². The summed E-state index contributed by atoms with van der Waals surface area (Å²) in [4.78, 5) is 12.0.